The van der Waals surface area contributed by atoms with Gasteiger partial charge in [0.05, 0.1) is 15.9 Å². The monoisotopic (exact) mass is 472 g/mol. The van der Waals surface area contributed by atoms with Crippen molar-refractivity contribution < 1.29 is 9.59 Å². The minimum Gasteiger partial charge on any atom is -0.339 e. The summed E-state index contributed by atoms with van der Waals surface area (Å²) in [5.41, 5.74) is 2.67. The molecule has 1 aliphatic heterocycles. The summed E-state index contributed by atoms with van der Waals surface area (Å²) in [6.45, 7) is 4.96. The molecule has 1 atom stereocenters. The molecule has 172 valence electrons. The molecule has 1 N–H and O–H groups in total. The molecule has 34 heavy (non-hydrogen) atoms. The fourth-order valence-corrected chi connectivity index (χ4v) is 5.27. The summed E-state index contributed by atoms with van der Waals surface area (Å²) in [5, 5.41) is 3.04. The lowest BCUT2D eigenvalue weighted by atomic mass is 10.1. The Morgan fingerprint density at radius 3 is 2.74 bits per heavy atom. The summed E-state index contributed by atoms with van der Waals surface area (Å²) in [5.74, 6) is 0.279. The number of amides is 2. The number of likely N-dealkylation sites (tertiary alicyclic amines) is 1. The van der Waals surface area contributed by atoms with Crippen molar-refractivity contribution >= 4 is 40.1 Å². The van der Waals surface area contributed by atoms with E-state index in [4.69, 9.17) is 4.98 Å². The van der Waals surface area contributed by atoms with Gasteiger partial charge in [-0.25, -0.2) is 15.0 Å². The number of aromatic nitrogens is 4. The maximum atomic E-state index is 13.2. The second-order valence-electron chi connectivity index (χ2n) is 8.15. The van der Waals surface area contributed by atoms with Gasteiger partial charge in [0.15, 0.2) is 0 Å². The average Bonchev–Trinajstić information content (AvgIpc) is 3.43. The first-order valence-electron chi connectivity index (χ1n) is 11.2. The smallest absolute Gasteiger partial charge is 0.268 e. The van der Waals surface area contributed by atoms with Crippen LogP contribution in [-0.2, 0) is 4.79 Å². The summed E-state index contributed by atoms with van der Waals surface area (Å²) in [7, 11) is 0. The maximum Gasteiger partial charge on any atom is 0.268 e. The number of nitrogens with one attached hydrogen (secondary N) is 1. The first-order chi connectivity index (χ1) is 16.6. The number of para-hydroxylation sites is 2. The van der Waals surface area contributed by atoms with Crippen LogP contribution in [0.4, 0.5) is 5.95 Å². The van der Waals surface area contributed by atoms with Crippen LogP contribution in [0.25, 0.3) is 21.5 Å². The maximum absolute atomic E-state index is 13.2. The van der Waals surface area contributed by atoms with Crippen molar-refractivity contribution in [3.63, 3.8) is 0 Å². The van der Waals surface area contributed by atoms with E-state index in [1.165, 1.54) is 23.7 Å². The van der Waals surface area contributed by atoms with Crippen LogP contribution >= 0.6 is 11.3 Å². The first kappa shape index (κ1) is 22.0. The van der Waals surface area contributed by atoms with Crippen LogP contribution in [0.2, 0.25) is 0 Å². The molecular formula is C25H24N6O2S. The molecule has 8 nitrogen and oxygen atoms in total. The van der Waals surface area contributed by atoms with Gasteiger partial charge < -0.3 is 9.47 Å². The Kier molecular flexibility index (Phi) is 6.18. The molecule has 0 spiro atoms. The molecule has 0 radical (unpaired) electrons. The first-order valence-corrected chi connectivity index (χ1v) is 12.0. The third-order valence-electron chi connectivity index (χ3n) is 6.05. The van der Waals surface area contributed by atoms with E-state index < -0.39 is 0 Å². The molecule has 1 saturated heterocycles. The number of anilines is 1. The predicted octanol–water partition coefficient (Wildman–Crippen LogP) is 4.55. The van der Waals surface area contributed by atoms with Gasteiger partial charge in [-0.15, -0.1) is 11.3 Å². The molecule has 0 bridgehead atoms. The zero-order chi connectivity index (χ0) is 23.5. The Morgan fingerprint density at radius 1 is 1.09 bits per heavy atom. The fraction of sp³-hybridized carbons (Fsp3) is 0.240. The summed E-state index contributed by atoms with van der Waals surface area (Å²) >= 11 is 1.39. The number of carbonyl (C=O) groups excluding carboxylic acids is 2. The van der Waals surface area contributed by atoms with Crippen LogP contribution in [-0.4, -0.2) is 49.3 Å². The Bertz CT molecular complexity index is 1350. The molecule has 0 saturated carbocycles. The zero-order valence-electron chi connectivity index (χ0n) is 18.6. The van der Waals surface area contributed by atoms with Crippen molar-refractivity contribution in [2.75, 3.05) is 18.4 Å². The lowest BCUT2D eigenvalue weighted by Crippen LogP contribution is -2.30. The van der Waals surface area contributed by atoms with Crippen molar-refractivity contribution in [1.82, 2.24) is 24.4 Å². The standard InChI is InChI=1S/C25H24N6O2S/c1-2-23(32)30-12-5-6-18(11-13-30)31-20-8-4-3-7-19(20)28-25(31)29-24(33)22-10-9-21(34-22)17-14-26-16-27-15-17/h2-4,7-10,14-16,18H,1,5-6,11-13H2,(H,28,29,33)/t18-/m1/s1. The number of hydrogen-bond acceptors (Lipinski definition) is 6. The minimum atomic E-state index is -0.207. The largest absolute Gasteiger partial charge is 0.339 e. The van der Waals surface area contributed by atoms with E-state index in [0.29, 0.717) is 23.9 Å². The molecule has 1 aliphatic rings. The normalized spacial score (nSPS) is 16.2. The van der Waals surface area contributed by atoms with Gasteiger partial charge in [-0.3, -0.25) is 14.9 Å². The van der Waals surface area contributed by atoms with Crippen LogP contribution in [0.5, 0.6) is 0 Å². The Hall–Kier alpha value is -3.85. The zero-order valence-corrected chi connectivity index (χ0v) is 19.4. The van der Waals surface area contributed by atoms with Gasteiger partial charge in [0.2, 0.25) is 11.9 Å². The average molecular weight is 473 g/mol. The molecule has 2 amide bonds. The second kappa shape index (κ2) is 9.56. The van der Waals surface area contributed by atoms with Gasteiger partial charge in [0, 0.05) is 42.0 Å². The summed E-state index contributed by atoms with van der Waals surface area (Å²) in [4.78, 5) is 41.5. The molecule has 0 unspecified atom stereocenters. The van der Waals surface area contributed by atoms with Crippen molar-refractivity contribution in [2.24, 2.45) is 0 Å². The number of imidazole rings is 1. The lowest BCUT2D eigenvalue weighted by molar-refractivity contribution is -0.125. The van der Waals surface area contributed by atoms with E-state index in [0.717, 1.165) is 40.7 Å². The third-order valence-corrected chi connectivity index (χ3v) is 7.18. The Morgan fingerprint density at radius 2 is 1.91 bits per heavy atom. The highest BCUT2D eigenvalue weighted by molar-refractivity contribution is 7.17. The van der Waals surface area contributed by atoms with Crippen LogP contribution in [0, 0.1) is 0 Å². The summed E-state index contributed by atoms with van der Waals surface area (Å²) < 4.78 is 2.12. The number of nitrogens with zero attached hydrogens (tertiary/aromatic N) is 5. The second-order valence-corrected chi connectivity index (χ2v) is 9.24. The van der Waals surface area contributed by atoms with Crippen LogP contribution < -0.4 is 5.32 Å². The van der Waals surface area contributed by atoms with Gasteiger partial charge in [-0.2, -0.15) is 0 Å². The predicted molar refractivity (Wildman–Crippen MR) is 133 cm³/mol. The van der Waals surface area contributed by atoms with Gasteiger partial charge in [0.1, 0.15) is 6.33 Å². The van der Waals surface area contributed by atoms with Gasteiger partial charge >= 0.3 is 0 Å². The Labute approximate surface area is 201 Å². The highest BCUT2D eigenvalue weighted by Gasteiger charge is 2.25. The van der Waals surface area contributed by atoms with Crippen LogP contribution in [0.15, 0.2) is 67.8 Å². The van der Waals surface area contributed by atoms with Crippen molar-refractivity contribution in [1.29, 1.82) is 0 Å². The summed E-state index contributed by atoms with van der Waals surface area (Å²) in [6, 6.07) is 11.7. The van der Waals surface area contributed by atoms with Gasteiger partial charge in [0.25, 0.3) is 5.91 Å². The molecule has 3 aromatic heterocycles. The molecule has 1 fully saturated rings. The van der Waals surface area contributed by atoms with Crippen molar-refractivity contribution in [3.05, 3.63) is 72.7 Å². The lowest BCUT2D eigenvalue weighted by Gasteiger charge is -2.21. The Balaban J connectivity index is 1.42. The minimum absolute atomic E-state index is 0.0398. The van der Waals surface area contributed by atoms with Gasteiger partial charge in [-0.05, 0) is 49.6 Å². The molecule has 5 rings (SSSR count). The molecule has 0 aliphatic carbocycles. The number of benzene rings is 1. The highest BCUT2D eigenvalue weighted by atomic mass is 32.1. The van der Waals surface area contributed by atoms with E-state index in [2.05, 4.69) is 26.4 Å². The molecule has 4 heterocycles. The van der Waals surface area contributed by atoms with Crippen LogP contribution in [0.3, 0.4) is 0 Å². The third kappa shape index (κ3) is 4.34. The number of carbonyl (C=O) groups is 2. The van der Waals surface area contributed by atoms with E-state index in [9.17, 15) is 9.59 Å². The number of fused-ring (bicyclic) bond motifs is 1. The fourth-order valence-electron chi connectivity index (χ4n) is 4.39. The highest BCUT2D eigenvalue weighted by Crippen LogP contribution is 2.32. The van der Waals surface area contributed by atoms with E-state index in [-0.39, 0.29) is 17.9 Å². The van der Waals surface area contributed by atoms with E-state index >= 15 is 0 Å². The molecule has 4 aromatic rings. The number of rotatable bonds is 5. The number of hydrogen-bond donors (Lipinski definition) is 1. The van der Waals surface area contributed by atoms with Crippen LogP contribution in [0.1, 0.15) is 35.0 Å². The summed E-state index contributed by atoms with van der Waals surface area (Å²) in [6.07, 6.45) is 8.85. The SMILES string of the molecule is C=CC(=O)N1CCC[C@@H](n2c(NC(=O)c3ccc(-c4cncnc4)s3)nc3ccccc32)CC1. The topological polar surface area (TPSA) is 93.0 Å². The quantitative estimate of drug-likeness (QED) is 0.430. The van der Waals surface area contributed by atoms with Gasteiger partial charge in [-0.1, -0.05) is 18.7 Å². The number of thiophene rings is 1. The van der Waals surface area contributed by atoms with E-state index in [1.807, 2.05) is 35.2 Å². The van der Waals surface area contributed by atoms with Crippen molar-refractivity contribution in [3.8, 4) is 10.4 Å². The van der Waals surface area contributed by atoms with Crippen molar-refractivity contribution in [2.45, 2.75) is 25.3 Å². The molecular weight excluding hydrogens is 448 g/mol. The van der Waals surface area contributed by atoms with E-state index in [1.54, 1.807) is 18.5 Å². The molecule has 9 heteroatoms. The molecule has 1 aromatic carbocycles.